The lowest BCUT2D eigenvalue weighted by atomic mass is 10.2. The highest BCUT2D eigenvalue weighted by atomic mass is 35.5. The van der Waals surface area contributed by atoms with Crippen molar-refractivity contribution < 1.29 is 19.0 Å². The van der Waals surface area contributed by atoms with E-state index >= 15 is 0 Å². The van der Waals surface area contributed by atoms with E-state index in [2.05, 4.69) is 11.9 Å². The zero-order valence-corrected chi connectivity index (χ0v) is 15.4. The molecule has 0 unspecified atom stereocenters. The summed E-state index contributed by atoms with van der Waals surface area (Å²) < 4.78 is 16.0. The fourth-order valence-electron chi connectivity index (χ4n) is 2.18. The van der Waals surface area contributed by atoms with Gasteiger partial charge in [-0.2, -0.15) is 0 Å². The lowest BCUT2D eigenvalue weighted by molar-refractivity contribution is -0.111. The van der Waals surface area contributed by atoms with Gasteiger partial charge < -0.3 is 19.5 Å². The molecule has 0 aliphatic heterocycles. The Morgan fingerprint density at radius 1 is 1.12 bits per heavy atom. The van der Waals surface area contributed by atoms with Crippen molar-refractivity contribution in [1.29, 1.82) is 0 Å². The third-order valence-electron chi connectivity index (χ3n) is 3.39. The number of benzene rings is 2. The molecule has 0 heterocycles. The Balaban J connectivity index is 2.10. The molecule has 0 aromatic heterocycles. The molecule has 0 spiro atoms. The zero-order chi connectivity index (χ0) is 18.9. The Bertz CT molecular complexity index is 817. The molecule has 1 N–H and O–H groups in total. The van der Waals surface area contributed by atoms with E-state index in [1.54, 1.807) is 49.6 Å². The van der Waals surface area contributed by atoms with Gasteiger partial charge in [0.1, 0.15) is 12.4 Å². The minimum atomic E-state index is -0.309. The van der Waals surface area contributed by atoms with E-state index in [-0.39, 0.29) is 5.91 Å². The highest BCUT2D eigenvalue weighted by Gasteiger charge is 2.07. The summed E-state index contributed by atoms with van der Waals surface area (Å²) >= 11 is 5.96. The molecule has 2 rings (SSSR count). The first-order chi connectivity index (χ1) is 12.6. The highest BCUT2D eigenvalue weighted by Crippen LogP contribution is 2.29. The van der Waals surface area contributed by atoms with Crippen molar-refractivity contribution in [3.8, 4) is 17.2 Å². The summed E-state index contributed by atoms with van der Waals surface area (Å²) in [5.41, 5.74) is 1.29. The third kappa shape index (κ3) is 5.29. The van der Waals surface area contributed by atoms with Crippen LogP contribution in [0.3, 0.4) is 0 Å². The van der Waals surface area contributed by atoms with Gasteiger partial charge in [0.15, 0.2) is 11.5 Å². The molecule has 1 amide bonds. The second-order valence-electron chi connectivity index (χ2n) is 5.18. The van der Waals surface area contributed by atoms with E-state index in [9.17, 15) is 4.79 Å². The van der Waals surface area contributed by atoms with E-state index in [1.165, 1.54) is 13.2 Å². The quantitative estimate of drug-likeness (QED) is 0.543. The minimum Gasteiger partial charge on any atom is -0.495 e. The number of halogens is 1. The molecule has 0 aliphatic carbocycles. The fraction of sp³-hybridized carbons (Fsp3) is 0.150. The van der Waals surface area contributed by atoms with Crippen molar-refractivity contribution in [2.45, 2.75) is 0 Å². The van der Waals surface area contributed by atoms with Crippen LogP contribution in [0.1, 0.15) is 5.56 Å². The maximum absolute atomic E-state index is 12.2. The molecule has 136 valence electrons. The van der Waals surface area contributed by atoms with Gasteiger partial charge in [-0.1, -0.05) is 30.3 Å². The maximum atomic E-state index is 12.2. The van der Waals surface area contributed by atoms with Crippen LogP contribution in [0.25, 0.3) is 6.08 Å². The Kier molecular flexibility index (Phi) is 7.12. The van der Waals surface area contributed by atoms with Crippen LogP contribution in [-0.4, -0.2) is 26.7 Å². The number of anilines is 1. The molecule has 5 nitrogen and oxygen atoms in total. The Hall–Kier alpha value is -2.92. The first kappa shape index (κ1) is 19.4. The minimum absolute atomic E-state index is 0.309. The standard InChI is InChI=1S/C20H20ClNO4/c1-4-11-26-18-8-5-14(12-19(18)25-3)6-10-20(23)22-16-13-15(21)7-9-17(16)24-2/h4-10,12-13H,1,11H2,2-3H3,(H,22,23). The Labute approximate surface area is 157 Å². The van der Waals surface area contributed by atoms with Gasteiger partial charge in [-0.25, -0.2) is 0 Å². The topological polar surface area (TPSA) is 56.8 Å². The van der Waals surface area contributed by atoms with E-state index in [0.29, 0.717) is 34.6 Å². The van der Waals surface area contributed by atoms with Crippen LogP contribution in [0, 0.1) is 0 Å². The molecule has 2 aromatic carbocycles. The summed E-state index contributed by atoms with van der Waals surface area (Å²) in [7, 11) is 3.08. The predicted molar refractivity (Wildman–Crippen MR) is 104 cm³/mol. The second-order valence-corrected chi connectivity index (χ2v) is 5.61. The number of carbonyl (C=O) groups excluding carboxylic acids is 1. The number of ether oxygens (including phenoxy) is 3. The molecular formula is C20H20ClNO4. The van der Waals surface area contributed by atoms with Gasteiger partial charge in [0.2, 0.25) is 5.91 Å². The predicted octanol–water partition coefficient (Wildman–Crippen LogP) is 4.57. The summed E-state index contributed by atoms with van der Waals surface area (Å²) in [6.45, 7) is 4.00. The van der Waals surface area contributed by atoms with Gasteiger partial charge >= 0.3 is 0 Å². The van der Waals surface area contributed by atoms with Crippen molar-refractivity contribution in [2.75, 3.05) is 26.1 Å². The molecule has 6 heteroatoms. The van der Waals surface area contributed by atoms with Crippen LogP contribution in [0.2, 0.25) is 5.02 Å². The van der Waals surface area contributed by atoms with E-state index < -0.39 is 0 Å². The van der Waals surface area contributed by atoms with Crippen molar-refractivity contribution >= 4 is 29.3 Å². The number of amides is 1. The summed E-state index contributed by atoms with van der Waals surface area (Å²) in [6.07, 6.45) is 4.74. The maximum Gasteiger partial charge on any atom is 0.248 e. The van der Waals surface area contributed by atoms with Gasteiger partial charge in [-0.05, 0) is 42.0 Å². The fourth-order valence-corrected chi connectivity index (χ4v) is 2.35. The van der Waals surface area contributed by atoms with Crippen LogP contribution in [0.5, 0.6) is 17.2 Å². The molecule has 0 atom stereocenters. The number of hydrogen-bond acceptors (Lipinski definition) is 4. The molecule has 0 fully saturated rings. The average Bonchev–Trinajstić information content (AvgIpc) is 2.65. The molecule has 26 heavy (non-hydrogen) atoms. The van der Waals surface area contributed by atoms with Crippen LogP contribution >= 0.6 is 11.6 Å². The van der Waals surface area contributed by atoms with Crippen molar-refractivity contribution in [1.82, 2.24) is 0 Å². The lowest BCUT2D eigenvalue weighted by Gasteiger charge is -2.10. The van der Waals surface area contributed by atoms with Gasteiger partial charge in [-0.15, -0.1) is 0 Å². The van der Waals surface area contributed by atoms with Crippen molar-refractivity contribution in [3.05, 3.63) is 65.7 Å². The van der Waals surface area contributed by atoms with Crippen LogP contribution in [-0.2, 0) is 4.79 Å². The van der Waals surface area contributed by atoms with E-state index in [1.807, 2.05) is 6.07 Å². The number of rotatable bonds is 8. The molecule has 2 aromatic rings. The third-order valence-corrected chi connectivity index (χ3v) is 3.63. The van der Waals surface area contributed by atoms with Crippen molar-refractivity contribution in [2.24, 2.45) is 0 Å². The summed E-state index contributed by atoms with van der Waals surface area (Å²) in [5.74, 6) is 1.40. The monoisotopic (exact) mass is 373 g/mol. The number of methoxy groups -OCH3 is 2. The second kappa shape index (κ2) is 9.53. The van der Waals surface area contributed by atoms with E-state index in [4.69, 9.17) is 25.8 Å². The summed E-state index contributed by atoms with van der Waals surface area (Å²) in [4.78, 5) is 12.2. The van der Waals surface area contributed by atoms with Gasteiger partial charge in [0.25, 0.3) is 0 Å². The average molecular weight is 374 g/mol. The molecule has 0 aliphatic rings. The molecule has 0 bridgehead atoms. The highest BCUT2D eigenvalue weighted by molar-refractivity contribution is 6.31. The molecule has 0 saturated heterocycles. The lowest BCUT2D eigenvalue weighted by Crippen LogP contribution is -2.08. The molecular weight excluding hydrogens is 354 g/mol. The van der Waals surface area contributed by atoms with E-state index in [0.717, 1.165) is 5.56 Å². The smallest absolute Gasteiger partial charge is 0.248 e. The summed E-state index contributed by atoms with van der Waals surface area (Å²) in [6, 6.07) is 10.4. The van der Waals surface area contributed by atoms with Crippen LogP contribution < -0.4 is 19.5 Å². The largest absolute Gasteiger partial charge is 0.495 e. The zero-order valence-electron chi connectivity index (χ0n) is 14.6. The normalized spacial score (nSPS) is 10.4. The van der Waals surface area contributed by atoms with Gasteiger partial charge in [-0.3, -0.25) is 4.79 Å². The number of hydrogen-bond donors (Lipinski definition) is 1. The first-order valence-electron chi connectivity index (χ1n) is 7.81. The molecule has 0 radical (unpaired) electrons. The molecule has 0 saturated carbocycles. The van der Waals surface area contributed by atoms with Crippen molar-refractivity contribution in [3.63, 3.8) is 0 Å². The van der Waals surface area contributed by atoms with Crippen LogP contribution in [0.4, 0.5) is 5.69 Å². The van der Waals surface area contributed by atoms with Crippen LogP contribution in [0.15, 0.2) is 55.1 Å². The Morgan fingerprint density at radius 2 is 1.85 bits per heavy atom. The number of carbonyl (C=O) groups is 1. The first-order valence-corrected chi connectivity index (χ1v) is 8.19. The summed E-state index contributed by atoms with van der Waals surface area (Å²) in [5, 5.41) is 3.24. The van der Waals surface area contributed by atoms with Gasteiger partial charge in [0, 0.05) is 11.1 Å². The number of nitrogens with one attached hydrogen (secondary N) is 1. The van der Waals surface area contributed by atoms with Gasteiger partial charge in [0.05, 0.1) is 19.9 Å². The Morgan fingerprint density at radius 3 is 2.54 bits per heavy atom. The SMILES string of the molecule is C=CCOc1ccc(C=CC(=O)Nc2cc(Cl)ccc2OC)cc1OC.